The van der Waals surface area contributed by atoms with Crippen molar-refractivity contribution in [2.24, 2.45) is 38.7 Å². The van der Waals surface area contributed by atoms with E-state index in [4.69, 9.17) is 28.7 Å². The zero-order valence-electron chi connectivity index (χ0n) is 18.9. The lowest BCUT2D eigenvalue weighted by Gasteiger charge is -2.23. The van der Waals surface area contributed by atoms with Crippen molar-refractivity contribution in [1.82, 2.24) is 16.0 Å². The van der Waals surface area contributed by atoms with Crippen molar-refractivity contribution in [3.8, 4) is 0 Å². The normalized spacial score (nSPS) is 14.0. The number of aliphatic carboxylic acids is 1. The van der Waals surface area contributed by atoms with Crippen LogP contribution in [0.25, 0.3) is 0 Å². The van der Waals surface area contributed by atoms with Crippen molar-refractivity contribution in [1.29, 1.82) is 0 Å². The Hall–Kier alpha value is -3.62. The number of amides is 3. The highest BCUT2D eigenvalue weighted by molar-refractivity contribution is 5.93. The molecule has 0 aliphatic rings. The van der Waals surface area contributed by atoms with E-state index >= 15 is 0 Å². The molecule has 0 fully saturated rings. The largest absolute Gasteiger partial charge is 0.480 e. The molecule has 15 nitrogen and oxygen atoms in total. The maximum absolute atomic E-state index is 12.7. The Morgan fingerprint density at radius 1 is 0.758 bits per heavy atom. The Bertz CT molecular complexity index is 732. The number of carbonyl (C=O) groups is 4. The highest BCUT2D eigenvalue weighted by Gasteiger charge is 2.27. The molecule has 33 heavy (non-hydrogen) atoms. The van der Waals surface area contributed by atoms with Crippen LogP contribution in [0.4, 0.5) is 0 Å². The van der Waals surface area contributed by atoms with Crippen LogP contribution in [0.1, 0.15) is 39.5 Å². The van der Waals surface area contributed by atoms with Crippen molar-refractivity contribution in [3.63, 3.8) is 0 Å². The molecule has 0 bridgehead atoms. The van der Waals surface area contributed by atoms with Crippen LogP contribution in [0, 0.1) is 0 Å². The van der Waals surface area contributed by atoms with Gasteiger partial charge in [-0.2, -0.15) is 0 Å². The summed E-state index contributed by atoms with van der Waals surface area (Å²) < 4.78 is 0. The van der Waals surface area contributed by atoms with Crippen LogP contribution >= 0.6 is 0 Å². The number of nitrogens with two attached hydrogens (primary N) is 5. The van der Waals surface area contributed by atoms with Gasteiger partial charge in [0.15, 0.2) is 11.9 Å². The molecule has 0 heterocycles. The second-order valence-electron chi connectivity index (χ2n) is 7.38. The van der Waals surface area contributed by atoms with Crippen molar-refractivity contribution in [2.45, 2.75) is 63.7 Å². The first-order chi connectivity index (χ1) is 15.3. The zero-order chi connectivity index (χ0) is 25.6. The fraction of sp³-hybridized carbons (Fsp3) is 0.667. The summed E-state index contributed by atoms with van der Waals surface area (Å²) >= 11 is 0. The van der Waals surface area contributed by atoms with Crippen LogP contribution in [0.5, 0.6) is 0 Å². The number of nitrogens with one attached hydrogen (secondary N) is 3. The maximum Gasteiger partial charge on any atom is 0.326 e. The van der Waals surface area contributed by atoms with Crippen molar-refractivity contribution >= 4 is 35.6 Å². The number of rotatable bonds is 15. The van der Waals surface area contributed by atoms with E-state index in [2.05, 4.69) is 25.9 Å². The zero-order valence-corrected chi connectivity index (χ0v) is 18.9. The molecule has 3 amide bonds. The van der Waals surface area contributed by atoms with Gasteiger partial charge in [-0.15, -0.1) is 0 Å². The molecular formula is C18H36N10O5. The Morgan fingerprint density at radius 3 is 1.64 bits per heavy atom. The number of aliphatic imine (C=N–C) groups is 2. The molecule has 0 spiro atoms. The molecule has 0 unspecified atom stereocenters. The predicted molar refractivity (Wildman–Crippen MR) is 123 cm³/mol. The quantitative estimate of drug-likeness (QED) is 0.0632. The molecule has 0 rings (SSSR count). The molecule has 0 radical (unpaired) electrons. The van der Waals surface area contributed by atoms with Gasteiger partial charge in [0.2, 0.25) is 17.7 Å². The van der Waals surface area contributed by atoms with Gasteiger partial charge in [-0.05, 0) is 39.5 Å². The monoisotopic (exact) mass is 472 g/mol. The summed E-state index contributed by atoms with van der Waals surface area (Å²) in [4.78, 5) is 56.0. The van der Waals surface area contributed by atoms with Crippen LogP contribution in [0.2, 0.25) is 0 Å². The Labute approximate surface area is 192 Å². The molecule has 188 valence electrons. The third-order valence-electron chi connectivity index (χ3n) is 4.30. The molecule has 4 atom stereocenters. The summed E-state index contributed by atoms with van der Waals surface area (Å²) in [6, 6.07) is -4.12. The summed E-state index contributed by atoms with van der Waals surface area (Å²) in [6.45, 7) is 3.28. The molecule has 0 aliphatic carbocycles. The third kappa shape index (κ3) is 13.4. The minimum Gasteiger partial charge on any atom is -0.480 e. The minimum atomic E-state index is -1.24. The molecule has 0 aromatic heterocycles. The number of guanidine groups is 2. The van der Waals surface area contributed by atoms with E-state index in [1.807, 2.05) is 0 Å². The lowest BCUT2D eigenvalue weighted by Crippen LogP contribution is -2.56. The molecular weight excluding hydrogens is 436 g/mol. The topological polar surface area (TPSA) is 279 Å². The molecule has 0 saturated carbocycles. The summed E-state index contributed by atoms with van der Waals surface area (Å²) in [5, 5.41) is 16.6. The predicted octanol–water partition coefficient (Wildman–Crippen LogP) is -4.00. The van der Waals surface area contributed by atoms with Crippen LogP contribution in [0.3, 0.4) is 0 Å². The van der Waals surface area contributed by atoms with Crippen molar-refractivity contribution in [2.75, 3.05) is 13.1 Å². The molecule has 0 aromatic carbocycles. The Morgan fingerprint density at radius 2 is 1.21 bits per heavy atom. The fourth-order valence-electron chi connectivity index (χ4n) is 2.51. The lowest BCUT2D eigenvalue weighted by molar-refractivity contribution is -0.142. The first-order valence-corrected chi connectivity index (χ1v) is 10.3. The number of carboxylic acids is 1. The van der Waals surface area contributed by atoms with Gasteiger partial charge in [0.1, 0.15) is 18.1 Å². The summed E-state index contributed by atoms with van der Waals surface area (Å²) in [5.74, 6) is -3.38. The molecule has 0 aromatic rings. The minimum absolute atomic E-state index is 0.0797. The second kappa shape index (κ2) is 15.2. The van der Waals surface area contributed by atoms with Gasteiger partial charge in [0.05, 0.1) is 6.04 Å². The highest BCUT2D eigenvalue weighted by Crippen LogP contribution is 2.02. The number of hydrogen-bond acceptors (Lipinski definition) is 7. The van der Waals surface area contributed by atoms with Crippen LogP contribution < -0.4 is 44.6 Å². The average molecular weight is 473 g/mol. The maximum atomic E-state index is 12.7. The smallest absolute Gasteiger partial charge is 0.326 e. The number of carboxylic acid groups (broad SMARTS) is 1. The lowest BCUT2D eigenvalue weighted by atomic mass is 10.1. The van der Waals surface area contributed by atoms with Crippen LogP contribution in [-0.2, 0) is 19.2 Å². The van der Waals surface area contributed by atoms with Gasteiger partial charge in [0, 0.05) is 13.1 Å². The van der Waals surface area contributed by atoms with Gasteiger partial charge in [0.25, 0.3) is 0 Å². The van der Waals surface area contributed by atoms with E-state index in [1.54, 1.807) is 0 Å². The van der Waals surface area contributed by atoms with Gasteiger partial charge >= 0.3 is 5.97 Å². The van der Waals surface area contributed by atoms with E-state index < -0.39 is 47.9 Å². The first kappa shape index (κ1) is 29.4. The van der Waals surface area contributed by atoms with Gasteiger partial charge in [-0.1, -0.05) is 0 Å². The second-order valence-corrected chi connectivity index (χ2v) is 7.38. The highest BCUT2D eigenvalue weighted by atomic mass is 16.4. The van der Waals surface area contributed by atoms with E-state index in [9.17, 15) is 24.3 Å². The first-order valence-electron chi connectivity index (χ1n) is 10.3. The van der Waals surface area contributed by atoms with E-state index in [-0.39, 0.29) is 37.9 Å². The molecule has 14 N–H and O–H groups in total. The van der Waals surface area contributed by atoms with Gasteiger partial charge < -0.3 is 49.7 Å². The fourth-order valence-corrected chi connectivity index (χ4v) is 2.51. The van der Waals surface area contributed by atoms with E-state index in [0.29, 0.717) is 12.8 Å². The molecule has 15 heteroatoms. The number of nitrogens with zero attached hydrogens (tertiary/aromatic N) is 2. The van der Waals surface area contributed by atoms with Crippen LogP contribution in [0.15, 0.2) is 9.98 Å². The van der Waals surface area contributed by atoms with Crippen molar-refractivity contribution < 1.29 is 24.3 Å². The van der Waals surface area contributed by atoms with Crippen LogP contribution in [-0.4, -0.2) is 78.0 Å². The third-order valence-corrected chi connectivity index (χ3v) is 4.30. The van der Waals surface area contributed by atoms with Gasteiger partial charge in [-0.25, -0.2) is 4.79 Å². The summed E-state index contributed by atoms with van der Waals surface area (Å²) in [5.41, 5.74) is 26.5. The van der Waals surface area contributed by atoms with Gasteiger partial charge in [-0.3, -0.25) is 24.4 Å². The van der Waals surface area contributed by atoms with Crippen molar-refractivity contribution in [3.05, 3.63) is 0 Å². The molecule has 0 aliphatic heterocycles. The number of hydrogen-bond donors (Lipinski definition) is 9. The van der Waals surface area contributed by atoms with E-state index in [0.717, 1.165) is 0 Å². The molecule has 0 saturated heterocycles. The number of carbonyl (C=O) groups excluding carboxylic acids is 3. The standard InChI is InChI=1S/C18H36N10O5/c1-9(19)13(29)27-11(5-3-7-24-17(20)21)15(31)26-10(2)14(30)28-12(16(32)33)6-4-8-25-18(22)23/h9-12H,3-8,19H2,1-2H3,(H,26,31)(H,27,29)(H,28,30)(H,32,33)(H4,20,21,24)(H4,22,23,25)/t9-,10-,11-,12-/m0/s1. The Kier molecular flexibility index (Phi) is 13.6. The summed E-state index contributed by atoms with van der Waals surface area (Å²) in [7, 11) is 0. The van der Waals surface area contributed by atoms with E-state index in [1.165, 1.54) is 13.8 Å². The SMILES string of the molecule is C[C@H](N)C(=O)N[C@@H](CCCN=C(N)N)C(=O)N[C@@H](C)C(=O)N[C@@H](CCCN=C(N)N)C(=O)O. The Balaban J connectivity index is 4.99. The average Bonchev–Trinajstić information content (AvgIpc) is 2.71. The summed E-state index contributed by atoms with van der Waals surface area (Å²) in [6.07, 6.45) is 0.943.